The lowest BCUT2D eigenvalue weighted by Gasteiger charge is -2.14. The number of aromatic nitrogens is 1. The summed E-state index contributed by atoms with van der Waals surface area (Å²) in [5, 5.41) is 1.68. The van der Waals surface area contributed by atoms with Crippen molar-refractivity contribution in [2.45, 2.75) is 10.3 Å². The molecular formula is C16H15N3OS. The van der Waals surface area contributed by atoms with Crippen LogP contribution in [0.1, 0.15) is 10.8 Å². The van der Waals surface area contributed by atoms with Crippen LogP contribution in [0.2, 0.25) is 0 Å². The summed E-state index contributed by atoms with van der Waals surface area (Å²) >= 11 is 1.45. The van der Waals surface area contributed by atoms with Gasteiger partial charge in [-0.3, -0.25) is 10.2 Å². The number of rotatable bonds is 4. The summed E-state index contributed by atoms with van der Waals surface area (Å²) in [6, 6.07) is 19.7. The van der Waals surface area contributed by atoms with Crippen LogP contribution in [0.25, 0.3) is 10.9 Å². The Balaban J connectivity index is 1.92. The summed E-state index contributed by atoms with van der Waals surface area (Å²) in [7, 11) is 0. The molecule has 1 amide bonds. The van der Waals surface area contributed by atoms with Crippen LogP contribution in [0.4, 0.5) is 0 Å². The van der Waals surface area contributed by atoms with Gasteiger partial charge in [-0.1, -0.05) is 60.3 Å². The summed E-state index contributed by atoms with van der Waals surface area (Å²) in [6.45, 7) is 0. The third-order valence-corrected chi connectivity index (χ3v) is 4.43. The molecule has 4 nitrogen and oxygen atoms in total. The highest BCUT2D eigenvalue weighted by molar-refractivity contribution is 8.00. The molecule has 106 valence electrons. The smallest absolute Gasteiger partial charge is 0.251 e. The molecule has 5 heteroatoms. The Hall–Kier alpha value is -2.24. The lowest BCUT2D eigenvalue weighted by atomic mass is 10.1. The van der Waals surface area contributed by atoms with E-state index < -0.39 is 0 Å². The van der Waals surface area contributed by atoms with Gasteiger partial charge in [0.1, 0.15) is 5.25 Å². The predicted molar refractivity (Wildman–Crippen MR) is 85.7 cm³/mol. The molecule has 2 aromatic carbocycles. The number of carbonyl (C=O) groups is 1. The molecule has 3 aromatic rings. The van der Waals surface area contributed by atoms with Crippen LogP contribution in [0.5, 0.6) is 0 Å². The van der Waals surface area contributed by atoms with Gasteiger partial charge in [0.2, 0.25) is 0 Å². The third-order valence-electron chi connectivity index (χ3n) is 3.23. The van der Waals surface area contributed by atoms with E-state index in [-0.39, 0.29) is 11.2 Å². The van der Waals surface area contributed by atoms with E-state index in [9.17, 15) is 4.79 Å². The van der Waals surface area contributed by atoms with E-state index in [2.05, 4.69) is 10.4 Å². The highest BCUT2D eigenvalue weighted by Crippen LogP contribution is 2.36. The number of benzene rings is 2. The zero-order valence-electron chi connectivity index (χ0n) is 11.2. The molecule has 0 aliphatic carbocycles. The van der Waals surface area contributed by atoms with Crippen LogP contribution in [-0.2, 0) is 4.79 Å². The van der Waals surface area contributed by atoms with Gasteiger partial charge in [-0.05, 0) is 17.7 Å². The highest BCUT2D eigenvalue weighted by atomic mass is 32.2. The maximum atomic E-state index is 12.1. The molecule has 1 aromatic heterocycles. The number of fused-ring (bicyclic) bond motifs is 1. The molecule has 1 unspecified atom stereocenters. The second kappa shape index (κ2) is 6.03. The van der Waals surface area contributed by atoms with Gasteiger partial charge in [-0.15, -0.1) is 0 Å². The Labute approximate surface area is 126 Å². The van der Waals surface area contributed by atoms with E-state index in [0.717, 1.165) is 21.5 Å². The van der Waals surface area contributed by atoms with Crippen LogP contribution < -0.4 is 11.3 Å². The molecule has 3 rings (SSSR count). The minimum Gasteiger partial charge on any atom is -0.350 e. The fourth-order valence-electron chi connectivity index (χ4n) is 2.21. The SMILES string of the molecule is NNC(=O)C(Sc1cc2ccccc2[nH]1)c1ccccc1. The van der Waals surface area contributed by atoms with Crippen molar-refractivity contribution < 1.29 is 4.79 Å². The minimum atomic E-state index is -0.385. The van der Waals surface area contributed by atoms with E-state index in [1.807, 2.05) is 60.7 Å². The van der Waals surface area contributed by atoms with Gasteiger partial charge >= 0.3 is 0 Å². The van der Waals surface area contributed by atoms with Crippen LogP contribution in [0.3, 0.4) is 0 Å². The van der Waals surface area contributed by atoms with E-state index in [0.29, 0.717) is 0 Å². The number of aromatic amines is 1. The molecule has 0 saturated heterocycles. The van der Waals surface area contributed by atoms with E-state index in [1.165, 1.54) is 11.8 Å². The third kappa shape index (κ3) is 2.94. The Morgan fingerprint density at radius 1 is 1.10 bits per heavy atom. The molecule has 4 N–H and O–H groups in total. The average Bonchev–Trinajstić information content (AvgIpc) is 2.95. The van der Waals surface area contributed by atoms with Crippen molar-refractivity contribution in [2.24, 2.45) is 5.84 Å². The number of hydrazine groups is 1. The molecule has 0 fully saturated rings. The van der Waals surface area contributed by atoms with Crippen molar-refractivity contribution in [1.29, 1.82) is 0 Å². The standard InChI is InChI=1S/C16H15N3OS/c17-19-16(20)15(11-6-2-1-3-7-11)21-14-10-12-8-4-5-9-13(12)18-14/h1-10,15,18H,17H2,(H,19,20). The molecule has 0 saturated carbocycles. The second-order valence-electron chi connectivity index (χ2n) is 4.64. The Morgan fingerprint density at radius 3 is 2.52 bits per heavy atom. The van der Waals surface area contributed by atoms with E-state index in [4.69, 9.17) is 5.84 Å². The van der Waals surface area contributed by atoms with E-state index >= 15 is 0 Å². The maximum Gasteiger partial charge on any atom is 0.251 e. The highest BCUT2D eigenvalue weighted by Gasteiger charge is 2.21. The lowest BCUT2D eigenvalue weighted by molar-refractivity contribution is -0.120. The molecule has 21 heavy (non-hydrogen) atoms. The van der Waals surface area contributed by atoms with Crippen molar-refractivity contribution >= 4 is 28.6 Å². The first-order valence-corrected chi connectivity index (χ1v) is 7.46. The molecule has 0 aliphatic heterocycles. The summed E-state index contributed by atoms with van der Waals surface area (Å²) in [6.07, 6.45) is 0. The number of thioether (sulfide) groups is 1. The molecular weight excluding hydrogens is 282 g/mol. The minimum absolute atomic E-state index is 0.218. The fourth-order valence-corrected chi connectivity index (χ4v) is 3.30. The fraction of sp³-hybridized carbons (Fsp3) is 0.0625. The van der Waals surface area contributed by atoms with E-state index in [1.54, 1.807) is 0 Å². The van der Waals surface area contributed by atoms with Gasteiger partial charge in [0.15, 0.2) is 0 Å². The number of hydrogen-bond acceptors (Lipinski definition) is 3. The van der Waals surface area contributed by atoms with Gasteiger partial charge in [0.25, 0.3) is 5.91 Å². The van der Waals surface area contributed by atoms with Crippen molar-refractivity contribution in [1.82, 2.24) is 10.4 Å². The number of hydrogen-bond donors (Lipinski definition) is 3. The Kier molecular flexibility index (Phi) is 3.94. The number of carbonyl (C=O) groups excluding carboxylic acids is 1. The zero-order chi connectivity index (χ0) is 14.7. The topological polar surface area (TPSA) is 70.9 Å². The Morgan fingerprint density at radius 2 is 1.81 bits per heavy atom. The first kappa shape index (κ1) is 13.7. The number of H-pyrrole nitrogens is 1. The number of amides is 1. The van der Waals surface area contributed by atoms with Crippen LogP contribution in [0, 0.1) is 0 Å². The first-order valence-electron chi connectivity index (χ1n) is 6.58. The monoisotopic (exact) mass is 297 g/mol. The largest absolute Gasteiger partial charge is 0.350 e. The summed E-state index contributed by atoms with van der Waals surface area (Å²) in [5.41, 5.74) is 4.22. The van der Waals surface area contributed by atoms with Crippen molar-refractivity contribution in [3.05, 3.63) is 66.2 Å². The summed E-state index contributed by atoms with van der Waals surface area (Å²) < 4.78 is 0. The molecule has 1 atom stereocenters. The predicted octanol–water partition coefficient (Wildman–Crippen LogP) is 2.99. The molecule has 0 radical (unpaired) electrons. The Bertz CT molecular complexity index is 721. The number of para-hydroxylation sites is 1. The lowest BCUT2D eigenvalue weighted by Crippen LogP contribution is -2.33. The van der Waals surface area contributed by atoms with Gasteiger partial charge in [-0.2, -0.15) is 0 Å². The number of nitrogens with two attached hydrogens (primary N) is 1. The maximum absolute atomic E-state index is 12.1. The second-order valence-corrected chi connectivity index (χ2v) is 5.78. The summed E-state index contributed by atoms with van der Waals surface area (Å²) in [5.74, 6) is 5.10. The van der Waals surface area contributed by atoms with Crippen molar-refractivity contribution in [3.8, 4) is 0 Å². The quantitative estimate of drug-likeness (QED) is 0.300. The normalized spacial score (nSPS) is 12.2. The molecule has 0 bridgehead atoms. The zero-order valence-corrected chi connectivity index (χ0v) is 12.1. The molecule has 0 aliphatic rings. The first-order chi connectivity index (χ1) is 10.3. The van der Waals surface area contributed by atoms with Gasteiger partial charge < -0.3 is 4.98 Å². The van der Waals surface area contributed by atoms with Gasteiger partial charge in [0.05, 0.1) is 5.03 Å². The van der Waals surface area contributed by atoms with Crippen LogP contribution >= 0.6 is 11.8 Å². The average molecular weight is 297 g/mol. The summed E-state index contributed by atoms with van der Waals surface area (Å²) in [4.78, 5) is 15.4. The molecule has 0 spiro atoms. The van der Waals surface area contributed by atoms with Crippen molar-refractivity contribution in [3.63, 3.8) is 0 Å². The van der Waals surface area contributed by atoms with Crippen LogP contribution in [0.15, 0.2) is 65.7 Å². The van der Waals surface area contributed by atoms with Gasteiger partial charge in [0, 0.05) is 10.9 Å². The van der Waals surface area contributed by atoms with Crippen LogP contribution in [-0.4, -0.2) is 10.9 Å². The van der Waals surface area contributed by atoms with Gasteiger partial charge in [-0.25, -0.2) is 5.84 Å². The number of nitrogens with one attached hydrogen (secondary N) is 2. The van der Waals surface area contributed by atoms with Crippen molar-refractivity contribution in [2.75, 3.05) is 0 Å². The molecule has 1 heterocycles.